The van der Waals surface area contributed by atoms with Crippen molar-refractivity contribution in [1.29, 1.82) is 0 Å². The van der Waals surface area contributed by atoms with E-state index in [0.717, 1.165) is 6.07 Å². The summed E-state index contributed by atoms with van der Waals surface area (Å²) in [5.74, 6) is -0.601. The van der Waals surface area contributed by atoms with Crippen LogP contribution in [0.15, 0.2) is 36.4 Å². The van der Waals surface area contributed by atoms with Gasteiger partial charge in [0.05, 0.1) is 12.5 Å². The zero-order chi connectivity index (χ0) is 14.7. The zero-order valence-electron chi connectivity index (χ0n) is 10.7. The van der Waals surface area contributed by atoms with Crippen molar-refractivity contribution in [3.05, 3.63) is 64.2 Å². The Balaban J connectivity index is 2.21. The molecule has 106 valence electrons. The molecule has 0 aliphatic carbocycles. The van der Waals surface area contributed by atoms with E-state index >= 15 is 0 Å². The topological polar surface area (TPSA) is 9.23 Å². The third-order valence-corrected chi connectivity index (χ3v) is 3.68. The molecular weight excluding hydrogens is 305 g/mol. The minimum atomic E-state index is -0.611. The minimum absolute atomic E-state index is 0.222. The Bertz CT molecular complexity index is 617. The van der Waals surface area contributed by atoms with Crippen LogP contribution in [0.3, 0.4) is 0 Å². The van der Waals surface area contributed by atoms with Crippen molar-refractivity contribution in [3.8, 4) is 5.75 Å². The van der Waals surface area contributed by atoms with E-state index in [9.17, 15) is 8.78 Å². The molecule has 0 aromatic heterocycles. The van der Waals surface area contributed by atoms with Crippen molar-refractivity contribution in [1.82, 2.24) is 0 Å². The zero-order valence-corrected chi connectivity index (χ0v) is 12.2. The van der Waals surface area contributed by atoms with Crippen LogP contribution in [-0.4, -0.2) is 7.11 Å². The summed E-state index contributed by atoms with van der Waals surface area (Å²) >= 11 is 12.4. The Labute approximate surface area is 126 Å². The maximum Gasteiger partial charge on any atom is 0.129 e. The van der Waals surface area contributed by atoms with E-state index in [1.54, 1.807) is 18.2 Å². The number of hydrogen-bond donors (Lipinski definition) is 0. The van der Waals surface area contributed by atoms with Gasteiger partial charge in [-0.3, -0.25) is 0 Å². The Morgan fingerprint density at radius 1 is 1.15 bits per heavy atom. The SMILES string of the molecule is COc1ccc(C(Cl)Cc2ccc(F)cc2F)c(Cl)c1. The molecule has 0 aliphatic heterocycles. The Kier molecular flexibility index (Phi) is 4.84. The monoisotopic (exact) mass is 316 g/mol. The second-order valence-corrected chi connectivity index (χ2v) is 5.23. The summed E-state index contributed by atoms with van der Waals surface area (Å²) in [6, 6.07) is 8.55. The molecule has 0 N–H and O–H groups in total. The first kappa shape index (κ1) is 15.1. The average Bonchev–Trinajstić information content (AvgIpc) is 2.41. The molecule has 0 saturated carbocycles. The lowest BCUT2D eigenvalue weighted by atomic mass is 10.0. The standard InChI is InChI=1S/C15H12Cl2F2O/c1-20-11-4-5-12(14(17)8-11)13(16)6-9-2-3-10(18)7-15(9)19/h2-5,7-8,13H,6H2,1H3. The van der Waals surface area contributed by atoms with Crippen molar-refractivity contribution >= 4 is 23.2 Å². The van der Waals surface area contributed by atoms with E-state index in [2.05, 4.69) is 0 Å². The summed E-state index contributed by atoms with van der Waals surface area (Å²) < 4.78 is 31.5. The molecule has 0 spiro atoms. The molecule has 0 heterocycles. The van der Waals surface area contributed by atoms with E-state index in [0.29, 0.717) is 21.9 Å². The third kappa shape index (κ3) is 3.41. The third-order valence-electron chi connectivity index (χ3n) is 2.96. The lowest BCUT2D eigenvalue weighted by Gasteiger charge is -2.13. The van der Waals surface area contributed by atoms with Gasteiger partial charge in [0.25, 0.3) is 0 Å². The van der Waals surface area contributed by atoms with E-state index in [-0.39, 0.29) is 6.42 Å². The molecule has 1 unspecified atom stereocenters. The van der Waals surface area contributed by atoms with Crippen LogP contribution >= 0.6 is 23.2 Å². The van der Waals surface area contributed by atoms with Crippen LogP contribution in [0.5, 0.6) is 5.75 Å². The molecule has 20 heavy (non-hydrogen) atoms. The second-order valence-electron chi connectivity index (χ2n) is 4.29. The van der Waals surface area contributed by atoms with Crippen molar-refractivity contribution in [2.45, 2.75) is 11.8 Å². The van der Waals surface area contributed by atoms with Gasteiger partial charge >= 0.3 is 0 Å². The van der Waals surface area contributed by atoms with Crippen molar-refractivity contribution in [3.63, 3.8) is 0 Å². The van der Waals surface area contributed by atoms with E-state index in [1.165, 1.54) is 19.2 Å². The fourth-order valence-electron chi connectivity index (χ4n) is 1.88. The first-order valence-electron chi connectivity index (χ1n) is 5.92. The highest BCUT2D eigenvalue weighted by molar-refractivity contribution is 6.33. The van der Waals surface area contributed by atoms with Crippen molar-refractivity contribution in [2.75, 3.05) is 7.11 Å². The molecule has 0 fully saturated rings. The largest absolute Gasteiger partial charge is 0.497 e. The van der Waals surface area contributed by atoms with Crippen LogP contribution in [0.25, 0.3) is 0 Å². The Morgan fingerprint density at radius 3 is 2.50 bits per heavy atom. The van der Waals surface area contributed by atoms with Crippen LogP contribution in [0.4, 0.5) is 8.78 Å². The first-order valence-corrected chi connectivity index (χ1v) is 6.74. The van der Waals surface area contributed by atoms with Crippen molar-refractivity contribution in [2.24, 2.45) is 0 Å². The quantitative estimate of drug-likeness (QED) is 0.709. The molecule has 0 aliphatic rings. The van der Waals surface area contributed by atoms with Crippen LogP contribution in [0.2, 0.25) is 5.02 Å². The molecular formula is C15H12Cl2F2O. The molecule has 0 radical (unpaired) electrons. The fourth-order valence-corrected chi connectivity index (χ4v) is 2.59. The van der Waals surface area contributed by atoms with Gasteiger partial charge in [-0.2, -0.15) is 0 Å². The van der Waals surface area contributed by atoms with Gasteiger partial charge in [-0.15, -0.1) is 11.6 Å². The minimum Gasteiger partial charge on any atom is -0.497 e. The second kappa shape index (κ2) is 6.42. The molecule has 5 heteroatoms. The molecule has 2 rings (SSSR count). The van der Waals surface area contributed by atoms with E-state index < -0.39 is 17.0 Å². The number of rotatable bonds is 4. The van der Waals surface area contributed by atoms with Crippen LogP contribution < -0.4 is 4.74 Å². The van der Waals surface area contributed by atoms with E-state index in [4.69, 9.17) is 27.9 Å². The van der Waals surface area contributed by atoms with Gasteiger partial charge in [-0.1, -0.05) is 23.7 Å². The van der Waals surface area contributed by atoms with Gasteiger partial charge in [-0.05, 0) is 35.7 Å². The average molecular weight is 317 g/mol. The normalized spacial score (nSPS) is 12.2. The smallest absolute Gasteiger partial charge is 0.129 e. The van der Waals surface area contributed by atoms with Crippen LogP contribution in [-0.2, 0) is 6.42 Å². The van der Waals surface area contributed by atoms with Gasteiger partial charge < -0.3 is 4.74 Å². The van der Waals surface area contributed by atoms with Gasteiger partial charge in [-0.25, -0.2) is 8.78 Å². The first-order chi connectivity index (χ1) is 9.51. The lowest BCUT2D eigenvalue weighted by Crippen LogP contribution is -2.00. The fraction of sp³-hybridized carbons (Fsp3) is 0.200. The van der Waals surface area contributed by atoms with E-state index in [1.807, 2.05) is 0 Å². The summed E-state index contributed by atoms with van der Waals surface area (Å²) in [7, 11) is 1.54. The number of benzene rings is 2. The molecule has 2 aromatic rings. The summed E-state index contributed by atoms with van der Waals surface area (Å²) in [6.07, 6.45) is 0.222. The molecule has 1 nitrogen and oxygen atoms in total. The summed E-state index contributed by atoms with van der Waals surface area (Å²) in [5.41, 5.74) is 1.02. The highest BCUT2D eigenvalue weighted by atomic mass is 35.5. The number of halogens is 4. The summed E-state index contributed by atoms with van der Waals surface area (Å²) in [6.45, 7) is 0. The maximum absolute atomic E-state index is 13.6. The lowest BCUT2D eigenvalue weighted by molar-refractivity contribution is 0.414. The Morgan fingerprint density at radius 2 is 1.90 bits per heavy atom. The maximum atomic E-state index is 13.6. The molecule has 0 amide bonds. The molecule has 0 saturated heterocycles. The van der Waals surface area contributed by atoms with Crippen LogP contribution in [0.1, 0.15) is 16.5 Å². The number of ether oxygens (including phenoxy) is 1. The highest BCUT2D eigenvalue weighted by Crippen LogP contribution is 2.33. The summed E-state index contributed by atoms with van der Waals surface area (Å²) in [5, 5.41) is -0.0553. The highest BCUT2D eigenvalue weighted by Gasteiger charge is 2.15. The Hall–Kier alpha value is -1.32. The summed E-state index contributed by atoms with van der Waals surface area (Å²) in [4.78, 5) is 0. The molecule has 1 atom stereocenters. The molecule has 0 bridgehead atoms. The van der Waals surface area contributed by atoms with Gasteiger partial charge in [0.15, 0.2) is 0 Å². The predicted molar refractivity (Wildman–Crippen MR) is 76.7 cm³/mol. The number of hydrogen-bond acceptors (Lipinski definition) is 1. The van der Waals surface area contributed by atoms with Crippen LogP contribution in [0, 0.1) is 11.6 Å². The number of methoxy groups -OCH3 is 1. The molecule has 2 aromatic carbocycles. The van der Waals surface area contributed by atoms with Gasteiger partial charge in [0, 0.05) is 11.1 Å². The number of alkyl halides is 1. The van der Waals surface area contributed by atoms with Gasteiger partial charge in [0.1, 0.15) is 17.4 Å². The van der Waals surface area contributed by atoms with Gasteiger partial charge in [0.2, 0.25) is 0 Å². The predicted octanol–water partition coefficient (Wildman–Crippen LogP) is 5.15. The van der Waals surface area contributed by atoms with Crippen molar-refractivity contribution < 1.29 is 13.5 Å².